The quantitative estimate of drug-likeness (QED) is 0.0702. The molecule has 1 heterocycles. The second kappa shape index (κ2) is 20.8. The molecule has 0 saturated carbocycles. The van der Waals surface area contributed by atoms with Crippen LogP contribution in [0.2, 0.25) is 0 Å². The van der Waals surface area contributed by atoms with Crippen molar-refractivity contribution >= 4 is 40.8 Å². The molecule has 7 N–H and O–H groups in total. The summed E-state index contributed by atoms with van der Waals surface area (Å²) in [7, 11) is 3.42. The topological polar surface area (TPSA) is 191 Å². The Morgan fingerprint density at radius 3 is 2.30 bits per heavy atom. The van der Waals surface area contributed by atoms with Crippen LogP contribution in [0.15, 0.2) is 48.5 Å². The van der Waals surface area contributed by atoms with Gasteiger partial charge in [-0.3, -0.25) is 14.4 Å². The molecule has 0 radical (unpaired) electrons. The maximum atomic E-state index is 13.9. The van der Waals surface area contributed by atoms with Gasteiger partial charge in [-0.2, -0.15) is 0 Å². The van der Waals surface area contributed by atoms with Gasteiger partial charge in [0, 0.05) is 37.7 Å². The summed E-state index contributed by atoms with van der Waals surface area (Å²) in [5.74, 6) is 6.33. The number of unbranched alkanes of at least 4 members (excludes halogenated alkanes) is 1. The number of carbonyl (C=O) groups excluding carboxylic acids is 4. The van der Waals surface area contributed by atoms with Gasteiger partial charge in [0.15, 0.2) is 0 Å². The first-order chi connectivity index (χ1) is 25.6. The summed E-state index contributed by atoms with van der Waals surface area (Å²) in [5, 5.41) is 10.1. The van der Waals surface area contributed by atoms with E-state index in [1.807, 2.05) is 76.2 Å². The van der Waals surface area contributed by atoms with Crippen molar-refractivity contribution in [3.63, 3.8) is 0 Å². The molecule has 1 aliphatic rings. The minimum Gasteiger partial charge on any atom is -0.448 e. The predicted molar refractivity (Wildman–Crippen MR) is 211 cm³/mol. The van der Waals surface area contributed by atoms with E-state index in [2.05, 4.69) is 16.0 Å². The Kier molecular flexibility index (Phi) is 16.9. The van der Waals surface area contributed by atoms with E-state index in [1.165, 1.54) is 5.01 Å². The minimum atomic E-state index is -0.691. The molecule has 1 aliphatic heterocycles. The number of anilines is 1. The van der Waals surface area contributed by atoms with Crippen LogP contribution in [-0.4, -0.2) is 92.9 Å². The van der Waals surface area contributed by atoms with Crippen molar-refractivity contribution in [3.8, 4) is 0 Å². The number of nitrogens with zero attached hydrogens (tertiary/aromatic N) is 2. The third-order valence-corrected chi connectivity index (χ3v) is 9.52. The van der Waals surface area contributed by atoms with Crippen molar-refractivity contribution in [1.82, 2.24) is 21.0 Å². The molecule has 54 heavy (non-hydrogen) atoms. The van der Waals surface area contributed by atoms with Crippen LogP contribution in [0.5, 0.6) is 0 Å². The number of hydrazine groups is 1. The molecule has 0 aliphatic carbocycles. The highest BCUT2D eigenvalue weighted by atomic mass is 16.5. The van der Waals surface area contributed by atoms with Crippen molar-refractivity contribution in [2.24, 2.45) is 11.6 Å². The third-order valence-electron chi connectivity index (χ3n) is 9.52. The number of methoxy groups -OCH3 is 1. The van der Waals surface area contributed by atoms with E-state index in [0.29, 0.717) is 55.1 Å². The lowest BCUT2D eigenvalue weighted by Gasteiger charge is -2.33. The molecule has 0 saturated heterocycles. The zero-order valence-corrected chi connectivity index (χ0v) is 33.1. The number of rotatable bonds is 21. The number of ketones is 1. The zero-order valence-electron chi connectivity index (χ0n) is 33.1. The zero-order chi connectivity index (χ0) is 39.9. The summed E-state index contributed by atoms with van der Waals surface area (Å²) in [6.07, 6.45) is 2.47. The Morgan fingerprint density at radius 2 is 1.61 bits per heavy atom. The molecule has 3 rings (SSSR count). The number of amides is 3. The van der Waals surface area contributed by atoms with Crippen LogP contribution in [0.1, 0.15) is 89.8 Å². The van der Waals surface area contributed by atoms with Crippen molar-refractivity contribution in [1.29, 1.82) is 0 Å². The lowest BCUT2D eigenvalue weighted by Crippen LogP contribution is -2.40. The fourth-order valence-electron chi connectivity index (χ4n) is 6.12. The molecule has 2 aromatic rings. The van der Waals surface area contributed by atoms with Gasteiger partial charge in [-0.1, -0.05) is 42.5 Å². The average molecular weight is 752 g/mol. The van der Waals surface area contributed by atoms with Crippen LogP contribution in [-0.2, 0) is 35.1 Å². The number of hydrogen-bond donors (Lipinski definition) is 5. The lowest BCUT2D eigenvalue weighted by atomic mass is 9.95. The number of alkyl carbamates (subject to hydrolysis) is 1. The number of fused-ring (bicyclic) bond motifs is 2. The van der Waals surface area contributed by atoms with Gasteiger partial charge in [0.2, 0.25) is 11.8 Å². The van der Waals surface area contributed by atoms with E-state index in [4.69, 9.17) is 25.8 Å². The van der Waals surface area contributed by atoms with Crippen LogP contribution in [0.4, 0.5) is 10.5 Å². The highest BCUT2D eigenvalue weighted by Crippen LogP contribution is 2.37. The Morgan fingerprint density at radius 1 is 0.926 bits per heavy atom. The van der Waals surface area contributed by atoms with Crippen LogP contribution in [0, 0.1) is 0 Å². The molecular formula is C40H61N7O7. The summed E-state index contributed by atoms with van der Waals surface area (Å²) in [5.41, 5.74) is 9.52. The number of benzene rings is 2. The van der Waals surface area contributed by atoms with Gasteiger partial charge >= 0.3 is 6.09 Å². The summed E-state index contributed by atoms with van der Waals surface area (Å²) in [6, 6.07) is 14.7. The number of nitrogens with two attached hydrogens (primary N) is 2. The maximum Gasteiger partial charge on any atom is 0.407 e. The smallest absolute Gasteiger partial charge is 0.407 e. The highest BCUT2D eigenvalue weighted by Gasteiger charge is 2.29. The first-order valence-corrected chi connectivity index (χ1v) is 18.6. The number of nitrogens with one attached hydrogen (secondary N) is 3. The van der Waals surface area contributed by atoms with Crippen LogP contribution < -0.4 is 32.4 Å². The molecule has 0 spiro atoms. The number of hydrogen-bond acceptors (Lipinski definition) is 11. The third kappa shape index (κ3) is 13.4. The summed E-state index contributed by atoms with van der Waals surface area (Å²) in [4.78, 5) is 52.5. The molecule has 1 atom stereocenters. The number of para-hydroxylation sites is 1. The minimum absolute atomic E-state index is 0.0234. The Hall–Kier alpha value is -4.50. The predicted octanol–water partition coefficient (Wildman–Crippen LogP) is 4.07. The van der Waals surface area contributed by atoms with E-state index >= 15 is 0 Å². The summed E-state index contributed by atoms with van der Waals surface area (Å²) in [6.45, 7) is 10.6. The highest BCUT2D eigenvalue weighted by molar-refractivity contribution is 6.01. The fourth-order valence-corrected chi connectivity index (χ4v) is 6.12. The molecular weight excluding hydrogens is 690 g/mol. The average Bonchev–Trinajstić information content (AvgIpc) is 3.11. The van der Waals surface area contributed by atoms with Gasteiger partial charge in [-0.05, 0) is 79.0 Å². The molecule has 0 fully saturated rings. The van der Waals surface area contributed by atoms with Crippen molar-refractivity contribution in [2.45, 2.75) is 96.9 Å². The van der Waals surface area contributed by atoms with Gasteiger partial charge in [0.25, 0.3) is 0 Å². The van der Waals surface area contributed by atoms with Gasteiger partial charge in [0.1, 0.15) is 12.4 Å². The molecule has 0 aromatic heterocycles. The fraction of sp³-hybridized carbons (Fsp3) is 0.550. The number of likely N-dealkylation sites (N-methyl/N-ethyl adjacent to an activating group) is 1. The molecule has 3 amide bonds. The van der Waals surface area contributed by atoms with Gasteiger partial charge in [0.05, 0.1) is 60.4 Å². The second-order valence-corrected chi connectivity index (χ2v) is 14.7. The van der Waals surface area contributed by atoms with E-state index in [-0.39, 0.29) is 68.3 Å². The largest absolute Gasteiger partial charge is 0.448 e. The van der Waals surface area contributed by atoms with Gasteiger partial charge < -0.3 is 45.8 Å². The van der Waals surface area contributed by atoms with Gasteiger partial charge in [-0.25, -0.2) is 10.6 Å². The van der Waals surface area contributed by atoms with Crippen molar-refractivity contribution < 1.29 is 33.4 Å². The standard InChI is InChI=1S/C40H61N7O7/c1-28(48)32(43-6)17-12-13-21-45-38(51)53-25-23-47(42)37-31-16-10-11-18-33(31)46(27-29-14-8-9-15-30(29)36(37)41)35(50)19-22-44-34(49)26-40(4,5)54-24-20-39(2,3)52-7/h8-11,14-16,18,32,43H,12-13,17,19-27,41-42H2,1-7H3,(H,44,49)(H,45,51)/b37-36-. The maximum absolute atomic E-state index is 13.9. The monoisotopic (exact) mass is 751 g/mol. The number of carbonyl (C=O) groups is 4. The lowest BCUT2D eigenvalue weighted by molar-refractivity contribution is -0.128. The molecule has 0 bridgehead atoms. The Balaban J connectivity index is 1.66. The Bertz CT molecular complexity index is 1610. The van der Waals surface area contributed by atoms with Crippen LogP contribution in [0.25, 0.3) is 11.4 Å². The molecule has 1 unspecified atom stereocenters. The first kappa shape index (κ1) is 43.9. The number of ether oxygens (including phenoxy) is 3. The molecule has 2 aromatic carbocycles. The van der Waals surface area contributed by atoms with Crippen LogP contribution >= 0.6 is 0 Å². The van der Waals surface area contributed by atoms with Crippen molar-refractivity contribution in [2.75, 3.05) is 51.9 Å². The molecule has 298 valence electrons. The number of Topliss-reactive ketones (excluding diaryl/α,β-unsaturated/α-hetero) is 1. The van der Waals surface area contributed by atoms with Crippen LogP contribution in [0.3, 0.4) is 0 Å². The van der Waals surface area contributed by atoms with E-state index in [0.717, 1.165) is 17.5 Å². The van der Waals surface area contributed by atoms with Crippen molar-refractivity contribution in [3.05, 3.63) is 65.2 Å². The summed E-state index contributed by atoms with van der Waals surface area (Å²) >= 11 is 0. The summed E-state index contributed by atoms with van der Waals surface area (Å²) < 4.78 is 16.9. The second-order valence-electron chi connectivity index (χ2n) is 14.7. The van der Waals surface area contributed by atoms with Gasteiger partial charge in [-0.15, -0.1) is 0 Å². The molecule has 14 nitrogen and oxygen atoms in total. The van der Waals surface area contributed by atoms with E-state index < -0.39 is 11.7 Å². The Labute approximate surface area is 320 Å². The van der Waals surface area contributed by atoms with E-state index in [1.54, 1.807) is 26.0 Å². The van der Waals surface area contributed by atoms with E-state index in [9.17, 15) is 19.2 Å². The SMILES string of the molecule is CNC(CCCCNC(=O)OCCN(N)/C1=C(\N)c2ccccc2CN(C(=O)CCNC(=O)CC(C)(C)OCCC(C)(C)OC)c2ccccc21)C(C)=O. The normalized spacial score (nSPS) is 14.9. The molecule has 14 heteroatoms. The first-order valence-electron chi connectivity index (χ1n) is 18.6.